The highest BCUT2D eigenvalue weighted by atomic mass is 35.5. The van der Waals surface area contributed by atoms with E-state index >= 15 is 0 Å². The minimum absolute atomic E-state index is 0. The Balaban J connectivity index is 0.00000242. The van der Waals surface area contributed by atoms with Crippen molar-refractivity contribution in [3.8, 4) is 5.75 Å². The summed E-state index contributed by atoms with van der Waals surface area (Å²) in [6.07, 6.45) is 0.393. The molecule has 0 aromatic heterocycles. The lowest BCUT2D eigenvalue weighted by Crippen LogP contribution is -2.45. The summed E-state index contributed by atoms with van der Waals surface area (Å²) < 4.78 is 10.3. The number of aryl methyl sites for hydroxylation is 1. The second-order valence-electron chi connectivity index (χ2n) is 5.25. The Morgan fingerprint density at radius 1 is 1.32 bits per heavy atom. The summed E-state index contributed by atoms with van der Waals surface area (Å²) in [6, 6.07) is 7.88. The van der Waals surface area contributed by atoms with Gasteiger partial charge in [-0.05, 0) is 19.1 Å². The predicted octanol–water partition coefficient (Wildman–Crippen LogP) is 1.86. The van der Waals surface area contributed by atoms with Gasteiger partial charge in [0.1, 0.15) is 24.1 Å². The van der Waals surface area contributed by atoms with E-state index in [0.717, 1.165) is 5.75 Å². The van der Waals surface area contributed by atoms with E-state index in [-0.39, 0.29) is 18.2 Å². The van der Waals surface area contributed by atoms with E-state index in [0.29, 0.717) is 32.7 Å². The Morgan fingerprint density at radius 3 is 2.64 bits per heavy atom. The van der Waals surface area contributed by atoms with E-state index in [9.17, 15) is 9.59 Å². The molecule has 122 valence electrons. The number of carbonyl (C=O) groups is 2. The fourth-order valence-corrected chi connectivity index (χ4v) is 2.37. The van der Waals surface area contributed by atoms with E-state index < -0.39 is 11.9 Å². The molecule has 1 heterocycles. The molecule has 1 atom stereocenters. The van der Waals surface area contributed by atoms with Gasteiger partial charge in [-0.15, -0.1) is 12.4 Å². The number of likely N-dealkylation sites (tertiary alicyclic amines) is 1. The highest BCUT2D eigenvalue weighted by Crippen LogP contribution is 2.15. The van der Waals surface area contributed by atoms with Crippen LogP contribution in [-0.2, 0) is 14.3 Å². The molecule has 0 radical (unpaired) electrons. The molecule has 0 saturated carbocycles. The standard InChI is InChI=1S/C16H21NO4.ClH/c1-12-3-5-13(6-4-12)21-10-9-17-8-7-15(18)14(11-17)16(19)20-2;/h3-6,14H,7-11H2,1-2H3;1H. The number of ketones is 1. The first kappa shape index (κ1) is 18.5. The molecule has 1 aromatic rings. The molecular weight excluding hydrogens is 306 g/mol. The molecule has 5 nitrogen and oxygen atoms in total. The minimum atomic E-state index is -0.650. The average Bonchev–Trinajstić information content (AvgIpc) is 2.50. The van der Waals surface area contributed by atoms with Crippen molar-refractivity contribution in [2.24, 2.45) is 5.92 Å². The number of Topliss-reactive ketones (excluding diaryl/α,β-unsaturated/α-hetero) is 1. The predicted molar refractivity (Wildman–Crippen MR) is 85.5 cm³/mol. The van der Waals surface area contributed by atoms with Crippen LogP contribution in [-0.4, -0.2) is 50.0 Å². The fraction of sp³-hybridized carbons (Fsp3) is 0.500. The normalized spacial score (nSPS) is 18.5. The Kier molecular flexibility index (Phi) is 7.35. The van der Waals surface area contributed by atoms with E-state index in [4.69, 9.17) is 4.74 Å². The molecule has 1 unspecified atom stereocenters. The number of methoxy groups -OCH3 is 1. The number of piperidine rings is 1. The number of halogens is 1. The summed E-state index contributed by atoms with van der Waals surface area (Å²) in [5, 5.41) is 0. The van der Waals surface area contributed by atoms with Gasteiger partial charge in [0.15, 0.2) is 0 Å². The van der Waals surface area contributed by atoms with Gasteiger partial charge in [-0.2, -0.15) is 0 Å². The van der Waals surface area contributed by atoms with Crippen molar-refractivity contribution >= 4 is 24.2 Å². The Bertz CT molecular complexity index is 495. The summed E-state index contributed by atoms with van der Waals surface area (Å²) in [6.45, 7) is 4.34. The number of rotatable bonds is 5. The average molecular weight is 328 g/mol. The highest BCUT2D eigenvalue weighted by molar-refractivity contribution is 5.99. The monoisotopic (exact) mass is 327 g/mol. The lowest BCUT2D eigenvalue weighted by Gasteiger charge is -2.30. The lowest BCUT2D eigenvalue weighted by atomic mass is 9.97. The van der Waals surface area contributed by atoms with Crippen LogP contribution in [0.2, 0.25) is 0 Å². The first-order chi connectivity index (χ1) is 10.1. The van der Waals surface area contributed by atoms with Crippen molar-refractivity contribution in [1.29, 1.82) is 0 Å². The highest BCUT2D eigenvalue weighted by Gasteiger charge is 2.33. The van der Waals surface area contributed by atoms with E-state index in [1.165, 1.54) is 12.7 Å². The van der Waals surface area contributed by atoms with Crippen LogP contribution in [0.4, 0.5) is 0 Å². The zero-order valence-electron chi connectivity index (χ0n) is 12.9. The number of ether oxygens (including phenoxy) is 2. The largest absolute Gasteiger partial charge is 0.492 e. The van der Waals surface area contributed by atoms with Gasteiger partial charge >= 0.3 is 5.97 Å². The quantitative estimate of drug-likeness (QED) is 0.610. The van der Waals surface area contributed by atoms with Gasteiger partial charge in [0.25, 0.3) is 0 Å². The maximum Gasteiger partial charge on any atom is 0.317 e. The Hall–Kier alpha value is -1.59. The number of hydrogen-bond donors (Lipinski definition) is 0. The van der Waals surface area contributed by atoms with E-state index in [1.54, 1.807) is 0 Å². The second kappa shape index (κ2) is 8.76. The van der Waals surface area contributed by atoms with Crippen molar-refractivity contribution < 1.29 is 19.1 Å². The maximum absolute atomic E-state index is 11.7. The van der Waals surface area contributed by atoms with Crippen LogP contribution < -0.4 is 4.74 Å². The first-order valence-electron chi connectivity index (χ1n) is 7.12. The van der Waals surface area contributed by atoms with Gasteiger partial charge in [-0.3, -0.25) is 14.5 Å². The minimum Gasteiger partial charge on any atom is -0.492 e. The van der Waals surface area contributed by atoms with E-state index in [2.05, 4.69) is 9.64 Å². The third-order valence-corrected chi connectivity index (χ3v) is 3.69. The van der Waals surface area contributed by atoms with Gasteiger partial charge < -0.3 is 9.47 Å². The SMILES string of the molecule is COC(=O)C1CN(CCOc2ccc(C)cc2)CCC1=O.Cl. The number of benzene rings is 1. The molecular formula is C16H22ClNO4. The van der Waals surface area contributed by atoms with Crippen molar-refractivity contribution in [1.82, 2.24) is 4.90 Å². The number of hydrogen-bond acceptors (Lipinski definition) is 5. The summed E-state index contributed by atoms with van der Waals surface area (Å²) in [5.74, 6) is -0.289. The molecule has 0 spiro atoms. The van der Waals surface area contributed by atoms with E-state index in [1.807, 2.05) is 31.2 Å². The topological polar surface area (TPSA) is 55.8 Å². The van der Waals surface area contributed by atoms with Crippen molar-refractivity contribution in [2.45, 2.75) is 13.3 Å². The third kappa shape index (κ3) is 5.00. The lowest BCUT2D eigenvalue weighted by molar-refractivity contribution is -0.151. The second-order valence-corrected chi connectivity index (χ2v) is 5.25. The Labute approximate surface area is 137 Å². The zero-order chi connectivity index (χ0) is 15.2. The smallest absolute Gasteiger partial charge is 0.317 e. The Morgan fingerprint density at radius 2 is 2.00 bits per heavy atom. The van der Waals surface area contributed by atoms with Crippen molar-refractivity contribution in [2.75, 3.05) is 33.4 Å². The van der Waals surface area contributed by atoms with Gasteiger partial charge in [0, 0.05) is 26.1 Å². The molecule has 22 heavy (non-hydrogen) atoms. The van der Waals surface area contributed by atoms with Crippen molar-refractivity contribution in [3.05, 3.63) is 29.8 Å². The van der Waals surface area contributed by atoms with Crippen LogP contribution in [0.15, 0.2) is 24.3 Å². The third-order valence-electron chi connectivity index (χ3n) is 3.69. The van der Waals surface area contributed by atoms with Gasteiger partial charge in [0.2, 0.25) is 0 Å². The fourth-order valence-electron chi connectivity index (χ4n) is 2.37. The van der Waals surface area contributed by atoms with Crippen LogP contribution in [0.3, 0.4) is 0 Å². The van der Waals surface area contributed by atoms with Gasteiger partial charge in [0.05, 0.1) is 7.11 Å². The summed E-state index contributed by atoms with van der Waals surface area (Å²) in [4.78, 5) is 25.3. The number of nitrogens with zero attached hydrogens (tertiary/aromatic N) is 1. The number of carbonyl (C=O) groups excluding carboxylic acids is 2. The molecule has 1 aliphatic rings. The van der Waals surface area contributed by atoms with Gasteiger partial charge in [-0.1, -0.05) is 17.7 Å². The number of esters is 1. The van der Waals surface area contributed by atoms with Crippen LogP contribution in [0.5, 0.6) is 5.75 Å². The summed E-state index contributed by atoms with van der Waals surface area (Å²) >= 11 is 0. The summed E-state index contributed by atoms with van der Waals surface area (Å²) in [5.41, 5.74) is 1.19. The van der Waals surface area contributed by atoms with Crippen LogP contribution >= 0.6 is 12.4 Å². The summed E-state index contributed by atoms with van der Waals surface area (Å²) in [7, 11) is 1.31. The molecule has 0 N–H and O–H groups in total. The molecule has 1 aromatic carbocycles. The molecule has 6 heteroatoms. The molecule has 0 bridgehead atoms. The molecule has 1 aliphatic heterocycles. The first-order valence-corrected chi connectivity index (χ1v) is 7.12. The zero-order valence-corrected chi connectivity index (χ0v) is 13.7. The maximum atomic E-state index is 11.7. The molecule has 1 fully saturated rings. The van der Waals surface area contributed by atoms with Gasteiger partial charge in [-0.25, -0.2) is 0 Å². The molecule has 0 aliphatic carbocycles. The molecule has 2 rings (SSSR count). The van der Waals surface area contributed by atoms with Crippen molar-refractivity contribution in [3.63, 3.8) is 0 Å². The van der Waals surface area contributed by atoms with Crippen LogP contribution in [0, 0.1) is 12.8 Å². The molecule has 0 amide bonds. The van der Waals surface area contributed by atoms with Crippen LogP contribution in [0.25, 0.3) is 0 Å². The molecule has 1 saturated heterocycles. The van der Waals surface area contributed by atoms with Crippen LogP contribution in [0.1, 0.15) is 12.0 Å².